The fourth-order valence-corrected chi connectivity index (χ4v) is 3.77. The molecule has 0 aliphatic carbocycles. The number of nitrogens with zero attached hydrogens (tertiary/aromatic N) is 3. The molecule has 1 aliphatic heterocycles. The maximum Gasteiger partial charge on any atom is 0.416 e. The van der Waals surface area contributed by atoms with Gasteiger partial charge >= 0.3 is 6.18 Å². The average Bonchev–Trinajstić information content (AvgIpc) is 3.38. The lowest BCUT2D eigenvalue weighted by Crippen LogP contribution is -2.23. The Labute approximate surface area is 172 Å². The van der Waals surface area contributed by atoms with Crippen molar-refractivity contribution in [2.45, 2.75) is 38.0 Å². The van der Waals surface area contributed by atoms with Gasteiger partial charge in [0.1, 0.15) is 5.75 Å². The van der Waals surface area contributed by atoms with Crippen LogP contribution in [0.25, 0.3) is 0 Å². The van der Waals surface area contributed by atoms with Gasteiger partial charge in [-0.05, 0) is 67.4 Å². The van der Waals surface area contributed by atoms with Crippen LogP contribution in [-0.2, 0) is 19.1 Å². The fraction of sp³-hybridized carbons (Fsp3) is 0.364. The fourth-order valence-electron chi connectivity index (χ4n) is 3.77. The van der Waals surface area contributed by atoms with Gasteiger partial charge in [-0.2, -0.15) is 18.3 Å². The van der Waals surface area contributed by atoms with E-state index in [0.717, 1.165) is 49.5 Å². The minimum atomic E-state index is -4.34. The molecule has 1 saturated heterocycles. The van der Waals surface area contributed by atoms with Crippen LogP contribution in [0.1, 0.15) is 41.4 Å². The highest BCUT2D eigenvalue weighted by atomic mass is 19.4. The summed E-state index contributed by atoms with van der Waals surface area (Å²) >= 11 is 0. The van der Waals surface area contributed by atoms with Crippen LogP contribution in [0.2, 0.25) is 0 Å². The molecule has 0 unspecified atom stereocenters. The molecule has 1 atom stereocenters. The third-order valence-corrected chi connectivity index (χ3v) is 5.31. The summed E-state index contributed by atoms with van der Waals surface area (Å²) in [4.78, 5) is 6.49. The van der Waals surface area contributed by atoms with Crippen molar-refractivity contribution in [2.75, 3.05) is 13.2 Å². The van der Waals surface area contributed by atoms with Crippen molar-refractivity contribution < 1.29 is 17.9 Å². The summed E-state index contributed by atoms with van der Waals surface area (Å²) in [7, 11) is 0. The molecule has 1 aliphatic rings. The molecule has 0 spiro atoms. The monoisotopic (exact) mass is 416 g/mol. The summed E-state index contributed by atoms with van der Waals surface area (Å²) in [5, 5.41) is 7.56. The van der Waals surface area contributed by atoms with E-state index in [9.17, 15) is 13.2 Å². The van der Waals surface area contributed by atoms with Crippen LogP contribution in [0.4, 0.5) is 13.2 Å². The molecule has 0 bridgehead atoms. The molecule has 1 aromatic carbocycles. The number of rotatable bonds is 7. The van der Waals surface area contributed by atoms with Gasteiger partial charge in [-0.3, -0.25) is 15.0 Å². The van der Waals surface area contributed by atoms with Crippen molar-refractivity contribution in [2.24, 2.45) is 0 Å². The number of nitrogens with one attached hydrogen (secondary N) is 1. The standard InChI is InChI=1S/C22H23F3N4O/c23-22(24,25)17-3-5-19(6-4-17)30-13-9-18-14-20(28-27-18)21-2-1-12-29(21)15-16-7-10-26-11-8-16/h3-8,10-11,14,21H,1-2,9,12-13,15H2,(H,27,28)/t21-/m0/s1. The number of aromatic amines is 1. The van der Waals surface area contributed by atoms with Gasteiger partial charge in [0.05, 0.1) is 23.9 Å². The minimum absolute atomic E-state index is 0.277. The SMILES string of the molecule is FC(F)(F)c1ccc(OCCc2cc([C@@H]3CCCN3Cc3ccncc3)n[nH]2)cc1. The molecule has 2 aromatic heterocycles. The Morgan fingerprint density at radius 2 is 1.87 bits per heavy atom. The predicted octanol–water partition coefficient (Wildman–Crippen LogP) is 4.78. The summed E-state index contributed by atoms with van der Waals surface area (Å²) in [5.74, 6) is 0.419. The second kappa shape index (κ2) is 8.87. The molecule has 1 fully saturated rings. The van der Waals surface area contributed by atoms with Gasteiger partial charge in [0.2, 0.25) is 0 Å². The quantitative estimate of drug-likeness (QED) is 0.602. The van der Waals surface area contributed by atoms with Crippen molar-refractivity contribution in [3.63, 3.8) is 0 Å². The van der Waals surface area contributed by atoms with Crippen LogP contribution >= 0.6 is 0 Å². The van der Waals surface area contributed by atoms with E-state index in [1.54, 1.807) is 0 Å². The largest absolute Gasteiger partial charge is 0.493 e. The van der Waals surface area contributed by atoms with Crippen molar-refractivity contribution in [3.05, 3.63) is 77.4 Å². The van der Waals surface area contributed by atoms with E-state index in [4.69, 9.17) is 4.74 Å². The van der Waals surface area contributed by atoms with Crippen LogP contribution in [0.15, 0.2) is 54.9 Å². The maximum absolute atomic E-state index is 12.6. The third-order valence-electron chi connectivity index (χ3n) is 5.31. The highest BCUT2D eigenvalue weighted by Gasteiger charge is 2.30. The van der Waals surface area contributed by atoms with E-state index in [2.05, 4.69) is 26.1 Å². The van der Waals surface area contributed by atoms with E-state index < -0.39 is 11.7 Å². The molecule has 1 N–H and O–H groups in total. The Hall–Kier alpha value is -2.87. The Balaban J connectivity index is 1.30. The van der Waals surface area contributed by atoms with Gasteiger partial charge in [0.25, 0.3) is 0 Å². The minimum Gasteiger partial charge on any atom is -0.493 e. The van der Waals surface area contributed by atoms with E-state index in [0.29, 0.717) is 18.8 Å². The molecule has 0 saturated carbocycles. The normalized spacial score (nSPS) is 17.4. The summed E-state index contributed by atoms with van der Waals surface area (Å²) in [6, 6.07) is 11.1. The summed E-state index contributed by atoms with van der Waals surface area (Å²) in [6.07, 6.45) is 2.08. The Kier molecular flexibility index (Phi) is 6.03. The zero-order valence-electron chi connectivity index (χ0n) is 16.4. The van der Waals surface area contributed by atoms with Gasteiger partial charge in [-0.1, -0.05) is 0 Å². The maximum atomic E-state index is 12.6. The molecule has 4 rings (SSSR count). The third kappa shape index (κ3) is 4.99. The lowest BCUT2D eigenvalue weighted by atomic mass is 10.1. The molecular formula is C22H23F3N4O. The summed E-state index contributed by atoms with van der Waals surface area (Å²) in [6.45, 7) is 2.26. The number of ether oxygens (including phenoxy) is 1. The van der Waals surface area contributed by atoms with Gasteiger partial charge < -0.3 is 4.74 Å². The van der Waals surface area contributed by atoms with Crippen molar-refractivity contribution in [3.8, 4) is 5.75 Å². The second-order valence-electron chi connectivity index (χ2n) is 7.42. The molecular weight excluding hydrogens is 393 g/mol. The molecule has 3 heterocycles. The van der Waals surface area contributed by atoms with Crippen molar-refractivity contribution in [1.82, 2.24) is 20.1 Å². The predicted molar refractivity (Wildman–Crippen MR) is 106 cm³/mol. The van der Waals surface area contributed by atoms with Crippen molar-refractivity contribution >= 4 is 0 Å². The second-order valence-corrected chi connectivity index (χ2v) is 7.42. The zero-order valence-corrected chi connectivity index (χ0v) is 16.4. The lowest BCUT2D eigenvalue weighted by Gasteiger charge is -2.22. The molecule has 3 aromatic rings. The smallest absolute Gasteiger partial charge is 0.416 e. The van der Waals surface area contributed by atoms with Crippen LogP contribution in [0.5, 0.6) is 5.75 Å². The molecule has 30 heavy (non-hydrogen) atoms. The van der Waals surface area contributed by atoms with E-state index >= 15 is 0 Å². The first kappa shape index (κ1) is 20.4. The Morgan fingerprint density at radius 1 is 1.10 bits per heavy atom. The average molecular weight is 416 g/mol. The Morgan fingerprint density at radius 3 is 2.60 bits per heavy atom. The number of benzene rings is 1. The number of aromatic nitrogens is 3. The molecule has 0 amide bonds. The number of likely N-dealkylation sites (tertiary alicyclic amines) is 1. The van der Waals surface area contributed by atoms with Gasteiger partial charge in [0, 0.05) is 31.1 Å². The first-order chi connectivity index (χ1) is 14.5. The number of hydrogen-bond acceptors (Lipinski definition) is 4. The number of halogens is 3. The lowest BCUT2D eigenvalue weighted by molar-refractivity contribution is -0.137. The van der Waals surface area contributed by atoms with E-state index in [1.807, 2.05) is 24.5 Å². The first-order valence-corrected chi connectivity index (χ1v) is 9.96. The first-order valence-electron chi connectivity index (χ1n) is 9.96. The Bertz CT molecular complexity index is 941. The van der Waals surface area contributed by atoms with E-state index in [1.165, 1.54) is 17.7 Å². The van der Waals surface area contributed by atoms with Gasteiger partial charge in [0.15, 0.2) is 0 Å². The molecule has 5 nitrogen and oxygen atoms in total. The number of H-pyrrole nitrogens is 1. The zero-order chi connectivity index (χ0) is 21.0. The number of pyridine rings is 1. The molecule has 8 heteroatoms. The highest BCUT2D eigenvalue weighted by Crippen LogP contribution is 2.32. The molecule has 0 radical (unpaired) electrons. The van der Waals surface area contributed by atoms with Crippen LogP contribution in [-0.4, -0.2) is 33.2 Å². The van der Waals surface area contributed by atoms with E-state index in [-0.39, 0.29) is 6.04 Å². The number of hydrogen-bond donors (Lipinski definition) is 1. The summed E-state index contributed by atoms with van der Waals surface area (Å²) in [5.41, 5.74) is 2.53. The molecule has 158 valence electrons. The van der Waals surface area contributed by atoms with Gasteiger partial charge in [-0.15, -0.1) is 0 Å². The van der Waals surface area contributed by atoms with Crippen LogP contribution in [0, 0.1) is 0 Å². The van der Waals surface area contributed by atoms with Crippen molar-refractivity contribution in [1.29, 1.82) is 0 Å². The van der Waals surface area contributed by atoms with Crippen LogP contribution < -0.4 is 4.74 Å². The van der Waals surface area contributed by atoms with Crippen LogP contribution in [0.3, 0.4) is 0 Å². The highest BCUT2D eigenvalue weighted by molar-refractivity contribution is 5.29. The number of alkyl halides is 3. The topological polar surface area (TPSA) is 54.0 Å². The summed E-state index contributed by atoms with van der Waals surface area (Å²) < 4.78 is 43.4. The van der Waals surface area contributed by atoms with Gasteiger partial charge in [-0.25, -0.2) is 0 Å².